The number of halogens is 1. The first-order valence-corrected chi connectivity index (χ1v) is 5.82. The third-order valence-corrected chi connectivity index (χ3v) is 3.54. The van der Waals surface area contributed by atoms with Crippen molar-refractivity contribution in [3.05, 3.63) is 28.2 Å². The molecule has 0 atom stereocenters. The van der Waals surface area contributed by atoms with Gasteiger partial charge < -0.3 is 9.47 Å². The lowest BCUT2D eigenvalue weighted by Gasteiger charge is -2.40. The molecule has 0 bridgehead atoms. The quantitative estimate of drug-likeness (QED) is 0.855. The highest BCUT2D eigenvalue weighted by atomic mass is 79.9. The fourth-order valence-corrected chi connectivity index (χ4v) is 2.27. The SMILES string of the molecule is COc1ccc(Br)cc1C1(C(C)=O)COC1. The van der Waals surface area contributed by atoms with E-state index >= 15 is 0 Å². The van der Waals surface area contributed by atoms with Crippen molar-refractivity contribution < 1.29 is 14.3 Å². The molecule has 0 amide bonds. The van der Waals surface area contributed by atoms with Gasteiger partial charge in [-0.05, 0) is 25.1 Å². The molecule has 0 aliphatic carbocycles. The molecule has 0 radical (unpaired) electrons. The van der Waals surface area contributed by atoms with Crippen LogP contribution in [0, 0.1) is 0 Å². The predicted octanol–water partition coefficient (Wildman–Crippen LogP) is 2.31. The van der Waals surface area contributed by atoms with Crippen LogP contribution in [-0.2, 0) is 14.9 Å². The van der Waals surface area contributed by atoms with Crippen LogP contribution in [0.15, 0.2) is 22.7 Å². The maximum Gasteiger partial charge on any atom is 0.145 e. The second-order valence-corrected chi connectivity index (χ2v) is 4.89. The second-order valence-electron chi connectivity index (χ2n) is 3.98. The Bertz CT molecular complexity index is 424. The summed E-state index contributed by atoms with van der Waals surface area (Å²) in [6, 6.07) is 5.70. The van der Waals surface area contributed by atoms with Crippen molar-refractivity contribution in [1.29, 1.82) is 0 Å². The molecule has 0 spiro atoms. The maximum atomic E-state index is 11.8. The zero-order chi connectivity index (χ0) is 11.8. The van der Waals surface area contributed by atoms with Gasteiger partial charge in [-0.15, -0.1) is 0 Å². The molecule has 1 aromatic carbocycles. The van der Waals surface area contributed by atoms with Gasteiger partial charge in [0.1, 0.15) is 16.9 Å². The van der Waals surface area contributed by atoms with E-state index in [4.69, 9.17) is 9.47 Å². The van der Waals surface area contributed by atoms with E-state index < -0.39 is 5.41 Å². The lowest BCUT2D eigenvalue weighted by Crippen LogP contribution is -2.52. The van der Waals surface area contributed by atoms with E-state index in [0.717, 1.165) is 15.8 Å². The van der Waals surface area contributed by atoms with E-state index in [1.165, 1.54) is 0 Å². The van der Waals surface area contributed by atoms with Crippen LogP contribution in [0.2, 0.25) is 0 Å². The number of ether oxygens (including phenoxy) is 2. The zero-order valence-corrected chi connectivity index (χ0v) is 10.8. The molecular weight excluding hydrogens is 272 g/mol. The van der Waals surface area contributed by atoms with E-state index in [0.29, 0.717) is 13.2 Å². The van der Waals surface area contributed by atoms with Gasteiger partial charge in [0.15, 0.2) is 0 Å². The van der Waals surface area contributed by atoms with Crippen molar-refractivity contribution in [3.63, 3.8) is 0 Å². The lowest BCUT2D eigenvalue weighted by atomic mass is 9.75. The summed E-state index contributed by atoms with van der Waals surface area (Å²) in [5.41, 5.74) is 0.387. The predicted molar refractivity (Wildman–Crippen MR) is 63.9 cm³/mol. The topological polar surface area (TPSA) is 35.5 Å². The van der Waals surface area contributed by atoms with Crippen LogP contribution in [0.4, 0.5) is 0 Å². The van der Waals surface area contributed by atoms with Crippen molar-refractivity contribution >= 4 is 21.7 Å². The van der Waals surface area contributed by atoms with Gasteiger partial charge in [-0.2, -0.15) is 0 Å². The molecule has 0 saturated carbocycles. The Balaban J connectivity index is 2.52. The molecule has 1 aliphatic rings. The number of hydrogen-bond donors (Lipinski definition) is 0. The van der Waals surface area contributed by atoms with Gasteiger partial charge in [-0.25, -0.2) is 0 Å². The fourth-order valence-electron chi connectivity index (χ4n) is 1.91. The summed E-state index contributed by atoms with van der Waals surface area (Å²) in [5.74, 6) is 0.858. The molecular formula is C12H13BrO3. The molecule has 2 rings (SSSR count). The number of carbonyl (C=O) groups is 1. The summed E-state index contributed by atoms with van der Waals surface area (Å²) in [4.78, 5) is 11.8. The highest BCUT2D eigenvalue weighted by molar-refractivity contribution is 9.10. The monoisotopic (exact) mass is 284 g/mol. The van der Waals surface area contributed by atoms with E-state index in [-0.39, 0.29) is 5.78 Å². The Hall–Kier alpha value is -0.870. The minimum Gasteiger partial charge on any atom is -0.496 e. The Morgan fingerprint density at radius 1 is 1.50 bits per heavy atom. The van der Waals surface area contributed by atoms with Gasteiger partial charge in [-0.1, -0.05) is 15.9 Å². The van der Waals surface area contributed by atoms with Gasteiger partial charge in [0, 0.05) is 10.0 Å². The van der Waals surface area contributed by atoms with Crippen LogP contribution in [-0.4, -0.2) is 26.1 Å². The third-order valence-electron chi connectivity index (χ3n) is 3.05. The zero-order valence-electron chi connectivity index (χ0n) is 9.25. The average molecular weight is 285 g/mol. The highest BCUT2D eigenvalue weighted by Crippen LogP contribution is 2.40. The Labute approximate surface area is 103 Å². The van der Waals surface area contributed by atoms with Crippen LogP contribution >= 0.6 is 15.9 Å². The van der Waals surface area contributed by atoms with Crippen LogP contribution < -0.4 is 4.74 Å². The van der Waals surface area contributed by atoms with Crippen LogP contribution in [0.25, 0.3) is 0 Å². The molecule has 86 valence electrons. The largest absolute Gasteiger partial charge is 0.496 e. The lowest BCUT2D eigenvalue weighted by molar-refractivity contribution is -0.140. The smallest absolute Gasteiger partial charge is 0.145 e. The van der Waals surface area contributed by atoms with Gasteiger partial charge in [-0.3, -0.25) is 4.79 Å². The Morgan fingerprint density at radius 3 is 2.62 bits per heavy atom. The van der Waals surface area contributed by atoms with Crippen molar-refractivity contribution in [1.82, 2.24) is 0 Å². The van der Waals surface area contributed by atoms with Crippen molar-refractivity contribution in [2.24, 2.45) is 0 Å². The summed E-state index contributed by atoms with van der Waals surface area (Å²) < 4.78 is 11.4. The molecule has 1 saturated heterocycles. The second kappa shape index (κ2) is 4.18. The highest BCUT2D eigenvalue weighted by Gasteiger charge is 2.46. The van der Waals surface area contributed by atoms with Crippen molar-refractivity contribution in [2.75, 3.05) is 20.3 Å². The molecule has 3 nitrogen and oxygen atoms in total. The molecule has 4 heteroatoms. The number of methoxy groups -OCH3 is 1. The van der Waals surface area contributed by atoms with E-state index in [9.17, 15) is 4.79 Å². The van der Waals surface area contributed by atoms with Crippen LogP contribution in [0.3, 0.4) is 0 Å². The van der Waals surface area contributed by atoms with Crippen molar-refractivity contribution in [3.8, 4) is 5.75 Å². The molecule has 0 N–H and O–H groups in total. The van der Waals surface area contributed by atoms with Crippen LogP contribution in [0.1, 0.15) is 12.5 Å². The van der Waals surface area contributed by atoms with Crippen molar-refractivity contribution in [2.45, 2.75) is 12.3 Å². The number of carbonyl (C=O) groups excluding carboxylic acids is 1. The standard InChI is InChI=1S/C12H13BrO3/c1-8(14)12(6-16-7-12)10-5-9(13)3-4-11(10)15-2/h3-5H,6-7H2,1-2H3. The van der Waals surface area contributed by atoms with Gasteiger partial charge in [0.2, 0.25) is 0 Å². The maximum absolute atomic E-state index is 11.8. The molecule has 0 aromatic heterocycles. The summed E-state index contributed by atoms with van der Waals surface area (Å²) >= 11 is 3.41. The van der Waals surface area contributed by atoms with Gasteiger partial charge >= 0.3 is 0 Å². The number of Topliss-reactive ketones (excluding diaryl/α,β-unsaturated/α-hetero) is 1. The number of hydrogen-bond acceptors (Lipinski definition) is 3. The first kappa shape index (κ1) is 11.6. The number of ketones is 1. The molecule has 1 heterocycles. The summed E-state index contributed by atoms with van der Waals surface area (Å²) in [6.45, 7) is 2.48. The molecule has 16 heavy (non-hydrogen) atoms. The Kier molecular flexibility index (Phi) is 3.04. The summed E-state index contributed by atoms with van der Waals surface area (Å²) in [5, 5.41) is 0. The van der Waals surface area contributed by atoms with Crippen LogP contribution in [0.5, 0.6) is 5.75 Å². The molecule has 1 aromatic rings. The first-order valence-electron chi connectivity index (χ1n) is 5.03. The molecule has 1 fully saturated rings. The number of benzene rings is 1. The van der Waals surface area contributed by atoms with Gasteiger partial charge in [0.25, 0.3) is 0 Å². The average Bonchev–Trinajstić information content (AvgIpc) is 2.15. The molecule has 0 unspecified atom stereocenters. The van der Waals surface area contributed by atoms with E-state index in [1.807, 2.05) is 18.2 Å². The van der Waals surface area contributed by atoms with E-state index in [2.05, 4.69) is 15.9 Å². The minimum absolute atomic E-state index is 0.121. The third kappa shape index (κ3) is 1.66. The summed E-state index contributed by atoms with van der Waals surface area (Å²) in [7, 11) is 1.61. The first-order chi connectivity index (χ1) is 7.60. The molecule has 1 aliphatic heterocycles. The number of rotatable bonds is 3. The minimum atomic E-state index is -0.519. The van der Waals surface area contributed by atoms with E-state index in [1.54, 1.807) is 14.0 Å². The Morgan fingerprint density at radius 2 is 2.19 bits per heavy atom. The summed E-state index contributed by atoms with van der Waals surface area (Å²) in [6.07, 6.45) is 0. The normalized spacial score (nSPS) is 17.7. The van der Waals surface area contributed by atoms with Gasteiger partial charge in [0.05, 0.1) is 20.3 Å². The fraction of sp³-hybridized carbons (Fsp3) is 0.417.